The molecule has 3 aromatic rings. The highest BCUT2D eigenvalue weighted by Gasteiger charge is 2.25. The van der Waals surface area contributed by atoms with Gasteiger partial charge in [0.25, 0.3) is 5.91 Å². The fourth-order valence-corrected chi connectivity index (χ4v) is 5.91. The fraction of sp³-hybridized carbons (Fsp3) is 0.444. The van der Waals surface area contributed by atoms with Crippen molar-refractivity contribution in [1.82, 2.24) is 35.4 Å². The van der Waals surface area contributed by atoms with Crippen LogP contribution in [0.3, 0.4) is 0 Å². The van der Waals surface area contributed by atoms with E-state index in [1.807, 2.05) is 49.4 Å². The summed E-state index contributed by atoms with van der Waals surface area (Å²) in [6.07, 6.45) is 3.54. The number of piperidine rings is 1. The highest BCUT2D eigenvalue weighted by Crippen LogP contribution is 2.28. The summed E-state index contributed by atoms with van der Waals surface area (Å²) in [5, 5.41) is 23.2. The van der Waals surface area contributed by atoms with Crippen LogP contribution in [0.5, 0.6) is 5.75 Å². The number of aliphatic carboxylic acids is 2. The smallest absolute Gasteiger partial charge is 0.319 e. The summed E-state index contributed by atoms with van der Waals surface area (Å²) >= 11 is 0. The van der Waals surface area contributed by atoms with Crippen LogP contribution in [0.4, 0.5) is 0 Å². The van der Waals surface area contributed by atoms with Gasteiger partial charge in [0.1, 0.15) is 24.7 Å². The van der Waals surface area contributed by atoms with Gasteiger partial charge < -0.3 is 34.9 Å². The Bertz CT molecular complexity index is 1650. The molecule has 51 heavy (non-hydrogen) atoms. The number of carbonyl (C=O) groups is 5. The molecule has 0 saturated carbocycles. The van der Waals surface area contributed by atoms with E-state index in [1.54, 1.807) is 29.1 Å². The van der Waals surface area contributed by atoms with E-state index in [4.69, 9.17) is 9.84 Å². The molecule has 2 amide bonds. The molecule has 1 aromatic heterocycles. The van der Waals surface area contributed by atoms with Gasteiger partial charge in [-0.25, -0.2) is 10.4 Å². The molecule has 274 valence electrons. The van der Waals surface area contributed by atoms with Gasteiger partial charge in [0, 0.05) is 44.3 Å². The summed E-state index contributed by atoms with van der Waals surface area (Å²) in [6.45, 7) is 5.33. The average molecular weight is 706 g/mol. The Labute approximate surface area is 297 Å². The Balaban J connectivity index is 1.30. The largest absolute Gasteiger partial charge is 0.489 e. The number of likely N-dealkylation sites (N-methyl/N-ethyl adjacent to an activating group) is 2. The molecular formula is C36H47N7O8. The first kappa shape index (κ1) is 38.8. The van der Waals surface area contributed by atoms with Crippen molar-refractivity contribution in [2.75, 3.05) is 79.0 Å². The van der Waals surface area contributed by atoms with Gasteiger partial charge >= 0.3 is 11.9 Å². The van der Waals surface area contributed by atoms with Crippen LogP contribution < -0.4 is 15.5 Å². The van der Waals surface area contributed by atoms with Crippen molar-refractivity contribution in [1.29, 1.82) is 0 Å². The highest BCUT2D eigenvalue weighted by molar-refractivity contribution is 6.07. The third-order valence-corrected chi connectivity index (χ3v) is 8.67. The fourth-order valence-electron chi connectivity index (χ4n) is 5.91. The first-order chi connectivity index (χ1) is 24.6. The topological polar surface area (TPSA) is 185 Å². The van der Waals surface area contributed by atoms with Crippen LogP contribution in [0.1, 0.15) is 30.1 Å². The number of hydrazine groups is 1. The monoisotopic (exact) mass is 705 g/mol. The minimum Gasteiger partial charge on any atom is -0.489 e. The molecule has 0 aliphatic carbocycles. The molecule has 2 heterocycles. The molecule has 1 fully saturated rings. The lowest BCUT2D eigenvalue weighted by Crippen LogP contribution is -2.52. The molecule has 0 bridgehead atoms. The van der Waals surface area contributed by atoms with Gasteiger partial charge in [0.05, 0.1) is 37.3 Å². The normalized spacial score (nSPS) is 14.6. The summed E-state index contributed by atoms with van der Waals surface area (Å²) in [5.74, 6) is -1.75. The van der Waals surface area contributed by atoms with E-state index in [-0.39, 0.29) is 44.1 Å². The maximum absolute atomic E-state index is 13.2. The lowest BCUT2D eigenvalue weighted by Gasteiger charge is -2.34. The predicted octanol–water partition coefficient (Wildman–Crippen LogP) is 1.43. The molecule has 4 rings (SSSR count). The van der Waals surface area contributed by atoms with E-state index in [2.05, 4.69) is 20.6 Å². The second-order valence-corrected chi connectivity index (χ2v) is 12.4. The van der Waals surface area contributed by atoms with Gasteiger partial charge in [-0.05, 0) is 67.9 Å². The number of aldehydes is 1. The quantitative estimate of drug-likeness (QED) is 0.0979. The van der Waals surface area contributed by atoms with Crippen LogP contribution in [-0.2, 0) is 19.2 Å². The van der Waals surface area contributed by atoms with Crippen molar-refractivity contribution in [2.24, 2.45) is 0 Å². The minimum atomic E-state index is -1.02. The average Bonchev–Trinajstić information content (AvgIpc) is 3.12. The van der Waals surface area contributed by atoms with Crippen molar-refractivity contribution < 1.29 is 38.9 Å². The zero-order valence-corrected chi connectivity index (χ0v) is 29.1. The molecule has 15 heteroatoms. The molecule has 1 atom stereocenters. The molecule has 2 aromatic carbocycles. The Morgan fingerprint density at radius 1 is 0.980 bits per heavy atom. The Morgan fingerprint density at radius 3 is 2.41 bits per heavy atom. The molecule has 1 unspecified atom stereocenters. The second kappa shape index (κ2) is 19.4. The number of aromatic nitrogens is 1. The Morgan fingerprint density at radius 2 is 1.71 bits per heavy atom. The van der Waals surface area contributed by atoms with Crippen molar-refractivity contribution in [2.45, 2.75) is 25.9 Å². The third kappa shape index (κ3) is 12.1. The molecule has 1 aliphatic rings. The van der Waals surface area contributed by atoms with Crippen molar-refractivity contribution in [3.8, 4) is 16.9 Å². The number of benzene rings is 2. The van der Waals surface area contributed by atoms with E-state index in [9.17, 15) is 29.1 Å². The van der Waals surface area contributed by atoms with Crippen molar-refractivity contribution in [3.05, 3.63) is 60.3 Å². The van der Waals surface area contributed by atoms with Crippen LogP contribution in [-0.4, -0.2) is 150 Å². The molecule has 15 nitrogen and oxygen atoms in total. The maximum Gasteiger partial charge on any atom is 0.319 e. The van der Waals surface area contributed by atoms with Gasteiger partial charge in [-0.15, -0.1) is 0 Å². The van der Waals surface area contributed by atoms with Crippen molar-refractivity contribution in [3.63, 3.8) is 0 Å². The van der Waals surface area contributed by atoms with Crippen LogP contribution in [0.25, 0.3) is 22.0 Å². The molecule has 1 aliphatic heterocycles. The number of carboxylic acid groups (broad SMARTS) is 2. The first-order valence-electron chi connectivity index (χ1n) is 17.0. The number of amides is 2. The number of fused-ring (bicyclic) bond motifs is 1. The van der Waals surface area contributed by atoms with Crippen LogP contribution in [0, 0.1) is 0 Å². The number of hydrogen-bond acceptors (Lipinski definition) is 11. The van der Waals surface area contributed by atoms with Gasteiger partial charge in [0.2, 0.25) is 5.91 Å². The van der Waals surface area contributed by atoms with Crippen LogP contribution in [0.15, 0.2) is 54.7 Å². The number of nitrogens with one attached hydrogen (secondary N) is 2. The molecule has 1 saturated heterocycles. The summed E-state index contributed by atoms with van der Waals surface area (Å²) < 4.78 is 6.27. The maximum atomic E-state index is 13.2. The van der Waals surface area contributed by atoms with Crippen LogP contribution >= 0.6 is 0 Å². The number of likely N-dealkylation sites (tertiary alicyclic amines) is 1. The van der Waals surface area contributed by atoms with Gasteiger partial charge in [0.15, 0.2) is 0 Å². The molecule has 4 N–H and O–H groups in total. The molecular weight excluding hydrogens is 658 g/mol. The number of nitrogens with zero attached hydrogens (tertiary/aromatic N) is 5. The van der Waals surface area contributed by atoms with E-state index in [0.717, 1.165) is 24.0 Å². The summed E-state index contributed by atoms with van der Waals surface area (Å²) in [6, 6.07) is 14.9. The Hall–Kier alpha value is -4.96. The zero-order valence-electron chi connectivity index (χ0n) is 29.1. The van der Waals surface area contributed by atoms with E-state index in [0.29, 0.717) is 74.3 Å². The number of carboxylic acids is 2. The zero-order chi connectivity index (χ0) is 36.8. The Kier molecular flexibility index (Phi) is 14.8. The molecule has 0 radical (unpaired) electrons. The van der Waals surface area contributed by atoms with E-state index >= 15 is 0 Å². The second-order valence-electron chi connectivity index (χ2n) is 12.4. The van der Waals surface area contributed by atoms with Crippen molar-refractivity contribution >= 4 is 40.9 Å². The van der Waals surface area contributed by atoms with Crippen LogP contribution in [0.2, 0.25) is 0 Å². The van der Waals surface area contributed by atoms with Gasteiger partial charge in [-0.2, -0.15) is 0 Å². The highest BCUT2D eigenvalue weighted by atomic mass is 16.5. The third-order valence-electron chi connectivity index (χ3n) is 8.67. The predicted molar refractivity (Wildman–Crippen MR) is 190 cm³/mol. The van der Waals surface area contributed by atoms with E-state index < -0.39 is 11.9 Å². The number of rotatable bonds is 20. The number of pyridine rings is 1. The SMILES string of the molecule is CCN(CCN(C)CC(=O)O)CCN(CC(=O)O)NCC(=O)N1CCCC(Oc2ccc(-c3ccc4nccc(C(=O)NCC=O)c4c3)cc2)C1. The standard InChI is InChI=1S/C36H47N7O8/c1-3-41(17-16-40(2)24-34(46)47)18-19-43(25-35(48)49)39-22-33(45)42-15-4-5-29(23-42)51-28-9-6-26(7-10-28)27-8-11-32-31(21-27)30(12-13-37-32)36(50)38-14-20-44/h6-13,20-21,29,39H,3-5,14-19,22-25H2,1-2H3,(H,38,50)(H,46,47)(H,48,49). The summed E-state index contributed by atoms with van der Waals surface area (Å²) in [5.41, 5.74) is 5.90. The lowest BCUT2D eigenvalue weighted by molar-refractivity contribution is -0.141. The minimum absolute atomic E-state index is 0.0517. The van der Waals surface area contributed by atoms with E-state index in [1.165, 1.54) is 5.01 Å². The summed E-state index contributed by atoms with van der Waals surface area (Å²) in [4.78, 5) is 68.9. The number of ether oxygens (including phenoxy) is 1. The lowest BCUT2D eigenvalue weighted by atomic mass is 10.0. The first-order valence-corrected chi connectivity index (χ1v) is 17.0. The number of hydrogen-bond donors (Lipinski definition) is 4. The van der Waals surface area contributed by atoms with Gasteiger partial charge in [-0.1, -0.05) is 25.1 Å². The summed E-state index contributed by atoms with van der Waals surface area (Å²) in [7, 11) is 1.74. The number of carbonyl (C=O) groups excluding carboxylic acids is 3. The molecule has 0 spiro atoms. The van der Waals surface area contributed by atoms with Gasteiger partial charge in [-0.3, -0.25) is 29.1 Å².